The molecule has 112 valence electrons. The van der Waals surface area contributed by atoms with Crippen LogP contribution in [-0.2, 0) is 16.0 Å². The monoisotopic (exact) mass is 290 g/mol. The quantitative estimate of drug-likeness (QED) is 0.923. The molecule has 0 unspecified atom stereocenters. The van der Waals surface area contributed by atoms with Crippen molar-refractivity contribution in [3.63, 3.8) is 0 Å². The van der Waals surface area contributed by atoms with E-state index in [0.717, 1.165) is 24.0 Å². The molecule has 21 heavy (non-hydrogen) atoms. The smallest absolute Gasteiger partial charge is 0.225 e. The Hall–Kier alpha value is -1.91. The summed E-state index contributed by atoms with van der Waals surface area (Å²) in [5.41, 5.74) is 1.97. The van der Waals surface area contributed by atoms with Gasteiger partial charge in [-0.1, -0.05) is 6.07 Å². The highest BCUT2D eigenvalue weighted by molar-refractivity contribution is 5.89. The van der Waals surface area contributed by atoms with Crippen molar-refractivity contribution in [1.29, 1.82) is 0 Å². The lowest BCUT2D eigenvalue weighted by atomic mass is 10.0. The van der Waals surface area contributed by atoms with E-state index in [4.69, 9.17) is 0 Å². The second-order valence-electron chi connectivity index (χ2n) is 5.78. The van der Waals surface area contributed by atoms with Gasteiger partial charge in [0.05, 0.1) is 12.0 Å². The lowest BCUT2D eigenvalue weighted by molar-refractivity contribution is -0.129. The standard InChI is InChI=1S/C16H19FN2O2/c1-2-19-9-11(8-15(19)20)16(21)18-14-6-3-10-7-12(17)4-5-13(10)14/h4-5,7,11,14H,2-3,6,8-9H2,1H3,(H,18,21)/t11-,14+/m1/s1. The van der Waals surface area contributed by atoms with Crippen LogP contribution in [0.2, 0.25) is 0 Å². The average molecular weight is 290 g/mol. The Morgan fingerprint density at radius 2 is 2.29 bits per heavy atom. The number of halogens is 1. The molecule has 0 saturated carbocycles. The third-order valence-corrected chi connectivity index (χ3v) is 4.47. The number of hydrogen-bond acceptors (Lipinski definition) is 2. The van der Waals surface area contributed by atoms with Gasteiger partial charge in [-0.05, 0) is 43.0 Å². The Balaban J connectivity index is 1.66. The molecule has 1 heterocycles. The summed E-state index contributed by atoms with van der Waals surface area (Å²) in [6, 6.07) is 4.67. The Bertz CT molecular complexity index is 588. The van der Waals surface area contributed by atoms with Crippen molar-refractivity contribution < 1.29 is 14.0 Å². The van der Waals surface area contributed by atoms with Gasteiger partial charge in [0.1, 0.15) is 5.82 Å². The van der Waals surface area contributed by atoms with E-state index in [9.17, 15) is 14.0 Å². The van der Waals surface area contributed by atoms with Gasteiger partial charge >= 0.3 is 0 Å². The number of carbonyl (C=O) groups is 2. The molecule has 1 aliphatic heterocycles. The number of carbonyl (C=O) groups excluding carboxylic acids is 2. The minimum atomic E-state index is -0.262. The number of amides is 2. The molecule has 4 nitrogen and oxygen atoms in total. The Labute approximate surface area is 123 Å². The topological polar surface area (TPSA) is 49.4 Å². The number of nitrogens with zero attached hydrogens (tertiary/aromatic N) is 1. The molecule has 0 radical (unpaired) electrons. The molecule has 1 saturated heterocycles. The van der Waals surface area contributed by atoms with Crippen LogP contribution in [0.5, 0.6) is 0 Å². The molecule has 0 bridgehead atoms. The number of nitrogens with one attached hydrogen (secondary N) is 1. The third-order valence-electron chi connectivity index (χ3n) is 4.47. The van der Waals surface area contributed by atoms with Crippen LogP contribution in [0.3, 0.4) is 0 Å². The first kappa shape index (κ1) is 14.0. The number of likely N-dealkylation sites (tertiary alicyclic amines) is 1. The van der Waals surface area contributed by atoms with Crippen molar-refractivity contribution >= 4 is 11.8 Å². The summed E-state index contributed by atoms with van der Waals surface area (Å²) in [5.74, 6) is -0.518. The first-order chi connectivity index (χ1) is 10.1. The van der Waals surface area contributed by atoms with Gasteiger partial charge in [-0.3, -0.25) is 9.59 Å². The van der Waals surface area contributed by atoms with Crippen molar-refractivity contribution in [2.24, 2.45) is 5.92 Å². The summed E-state index contributed by atoms with van der Waals surface area (Å²) in [4.78, 5) is 25.7. The van der Waals surface area contributed by atoms with Gasteiger partial charge in [0.15, 0.2) is 0 Å². The second-order valence-corrected chi connectivity index (χ2v) is 5.78. The molecule has 2 atom stereocenters. The minimum absolute atomic E-state index is 0.0477. The van der Waals surface area contributed by atoms with Crippen molar-refractivity contribution in [1.82, 2.24) is 10.2 Å². The van der Waals surface area contributed by atoms with Crippen LogP contribution in [0, 0.1) is 11.7 Å². The van der Waals surface area contributed by atoms with Crippen LogP contribution < -0.4 is 5.32 Å². The lowest BCUT2D eigenvalue weighted by Gasteiger charge is -2.18. The Morgan fingerprint density at radius 3 is 3.00 bits per heavy atom. The highest BCUT2D eigenvalue weighted by Crippen LogP contribution is 2.32. The van der Waals surface area contributed by atoms with E-state index in [1.54, 1.807) is 17.0 Å². The maximum Gasteiger partial charge on any atom is 0.225 e. The van der Waals surface area contributed by atoms with Crippen LogP contribution in [0.1, 0.15) is 36.9 Å². The lowest BCUT2D eigenvalue weighted by Crippen LogP contribution is -2.34. The van der Waals surface area contributed by atoms with Gasteiger partial charge < -0.3 is 10.2 Å². The van der Waals surface area contributed by atoms with E-state index in [0.29, 0.717) is 19.5 Å². The molecule has 5 heteroatoms. The fourth-order valence-electron chi connectivity index (χ4n) is 3.28. The largest absolute Gasteiger partial charge is 0.349 e. The fourth-order valence-corrected chi connectivity index (χ4v) is 3.28. The second kappa shape index (κ2) is 5.47. The first-order valence-corrected chi connectivity index (χ1v) is 7.45. The Kier molecular flexibility index (Phi) is 3.66. The molecule has 0 aromatic heterocycles. The summed E-state index contributed by atoms with van der Waals surface area (Å²) in [7, 11) is 0. The summed E-state index contributed by atoms with van der Waals surface area (Å²) in [5, 5.41) is 3.02. The summed E-state index contributed by atoms with van der Waals surface area (Å²) >= 11 is 0. The van der Waals surface area contributed by atoms with E-state index in [2.05, 4.69) is 5.32 Å². The zero-order valence-electron chi connectivity index (χ0n) is 12.1. The van der Waals surface area contributed by atoms with Crippen LogP contribution in [0.15, 0.2) is 18.2 Å². The molecule has 0 spiro atoms. The predicted octanol–water partition coefficient (Wildman–Crippen LogP) is 1.80. The number of hydrogen-bond donors (Lipinski definition) is 1. The number of rotatable bonds is 3. The molecule has 1 aliphatic carbocycles. The number of fused-ring (bicyclic) bond motifs is 1. The van der Waals surface area contributed by atoms with E-state index in [1.807, 2.05) is 6.92 Å². The summed E-state index contributed by atoms with van der Waals surface area (Å²) in [6.07, 6.45) is 1.87. The van der Waals surface area contributed by atoms with Crippen LogP contribution in [0.4, 0.5) is 4.39 Å². The molecular weight excluding hydrogens is 271 g/mol. The highest BCUT2D eigenvalue weighted by atomic mass is 19.1. The van der Waals surface area contributed by atoms with Crippen molar-refractivity contribution in [2.45, 2.75) is 32.2 Å². The van der Waals surface area contributed by atoms with E-state index in [1.165, 1.54) is 6.07 Å². The molecular formula is C16H19FN2O2. The van der Waals surface area contributed by atoms with Gasteiger partial charge in [0.25, 0.3) is 0 Å². The van der Waals surface area contributed by atoms with Crippen LogP contribution in [-0.4, -0.2) is 29.8 Å². The highest BCUT2D eigenvalue weighted by Gasteiger charge is 2.35. The number of aryl methyl sites for hydroxylation is 1. The van der Waals surface area contributed by atoms with Crippen LogP contribution >= 0.6 is 0 Å². The normalized spacial score (nSPS) is 24.3. The molecule has 1 aromatic carbocycles. The molecule has 2 aliphatic rings. The first-order valence-electron chi connectivity index (χ1n) is 7.45. The minimum Gasteiger partial charge on any atom is -0.349 e. The maximum atomic E-state index is 13.2. The van der Waals surface area contributed by atoms with Gasteiger partial charge in [0.2, 0.25) is 11.8 Å². The molecule has 2 amide bonds. The van der Waals surface area contributed by atoms with E-state index in [-0.39, 0.29) is 29.6 Å². The van der Waals surface area contributed by atoms with E-state index < -0.39 is 0 Å². The fraction of sp³-hybridized carbons (Fsp3) is 0.500. The predicted molar refractivity (Wildman–Crippen MR) is 76.0 cm³/mol. The Morgan fingerprint density at radius 1 is 1.48 bits per heavy atom. The summed E-state index contributed by atoms with van der Waals surface area (Å²) < 4.78 is 13.2. The van der Waals surface area contributed by atoms with Crippen molar-refractivity contribution in [2.75, 3.05) is 13.1 Å². The summed E-state index contributed by atoms with van der Waals surface area (Å²) in [6.45, 7) is 3.07. The molecule has 1 N–H and O–H groups in total. The van der Waals surface area contributed by atoms with Gasteiger partial charge in [-0.2, -0.15) is 0 Å². The molecule has 1 fully saturated rings. The van der Waals surface area contributed by atoms with Crippen LogP contribution in [0.25, 0.3) is 0 Å². The zero-order valence-corrected chi connectivity index (χ0v) is 12.1. The average Bonchev–Trinajstić information content (AvgIpc) is 3.02. The van der Waals surface area contributed by atoms with Gasteiger partial charge in [-0.15, -0.1) is 0 Å². The zero-order chi connectivity index (χ0) is 15.0. The maximum absolute atomic E-state index is 13.2. The van der Waals surface area contributed by atoms with Gasteiger partial charge in [-0.25, -0.2) is 4.39 Å². The van der Waals surface area contributed by atoms with Crippen molar-refractivity contribution in [3.8, 4) is 0 Å². The third kappa shape index (κ3) is 2.64. The van der Waals surface area contributed by atoms with Gasteiger partial charge in [0, 0.05) is 19.5 Å². The SMILES string of the molecule is CCN1C[C@H](C(=O)N[C@H]2CCc3cc(F)ccc32)CC1=O. The molecule has 3 rings (SSSR count). The molecule has 1 aromatic rings. The number of benzene rings is 1. The van der Waals surface area contributed by atoms with Crippen molar-refractivity contribution in [3.05, 3.63) is 35.1 Å². The van der Waals surface area contributed by atoms with E-state index >= 15 is 0 Å².